The number of thiazole rings is 1. The first-order chi connectivity index (χ1) is 13.3. The summed E-state index contributed by atoms with van der Waals surface area (Å²) in [6.45, 7) is 7.13. The highest BCUT2D eigenvalue weighted by Gasteiger charge is 2.16. The zero-order valence-corrected chi connectivity index (χ0v) is 18.6. The lowest BCUT2D eigenvalue weighted by Gasteiger charge is -2.22. The fourth-order valence-corrected chi connectivity index (χ4v) is 4.86. The number of aromatic nitrogens is 1. The average molecular weight is 455 g/mol. The Kier molecular flexibility index (Phi) is 7.46. The van der Waals surface area contributed by atoms with Gasteiger partial charge >= 0.3 is 0 Å². The zero-order valence-electron chi connectivity index (χ0n) is 16.2. The van der Waals surface area contributed by atoms with Crippen molar-refractivity contribution in [1.82, 2.24) is 0 Å². The van der Waals surface area contributed by atoms with E-state index < -0.39 is 0 Å². The molecule has 0 unspecified atom stereocenters. The van der Waals surface area contributed by atoms with Crippen LogP contribution in [0.3, 0.4) is 0 Å². The summed E-state index contributed by atoms with van der Waals surface area (Å²) in [5, 5.41) is 1.26. The minimum atomic E-state index is 0. The molecule has 0 saturated carbocycles. The number of allylic oxidation sites excluding steroid dienone is 1. The Morgan fingerprint density at radius 3 is 2.36 bits per heavy atom. The molecule has 1 aliphatic heterocycles. The van der Waals surface area contributed by atoms with E-state index in [4.69, 9.17) is 0 Å². The molecule has 0 amide bonds. The van der Waals surface area contributed by atoms with E-state index in [1.54, 1.807) is 0 Å². The number of anilines is 1. The summed E-state index contributed by atoms with van der Waals surface area (Å²) >= 11 is 1.83. The SMILES string of the molecule is C=CC[n+]1c(/C=C/c2ccc(N3CCCCCC3)cc2)sc2ccccc21.[Br-]. The van der Waals surface area contributed by atoms with Gasteiger partial charge in [0.05, 0.1) is 0 Å². The zero-order chi connectivity index (χ0) is 18.5. The minimum Gasteiger partial charge on any atom is -1.00 e. The average Bonchev–Trinajstić information content (AvgIpc) is 2.87. The van der Waals surface area contributed by atoms with Gasteiger partial charge in [-0.3, -0.25) is 0 Å². The molecule has 0 bridgehead atoms. The molecular formula is C24H27BrN2S. The van der Waals surface area contributed by atoms with Crippen molar-refractivity contribution in [2.24, 2.45) is 0 Å². The first-order valence-corrected chi connectivity index (χ1v) is 10.7. The van der Waals surface area contributed by atoms with Gasteiger partial charge < -0.3 is 21.9 Å². The summed E-state index contributed by atoms with van der Waals surface area (Å²) in [5.41, 5.74) is 3.88. The van der Waals surface area contributed by atoms with Crippen LogP contribution < -0.4 is 26.4 Å². The molecule has 3 aromatic rings. The maximum absolute atomic E-state index is 3.92. The molecule has 0 radical (unpaired) electrons. The van der Waals surface area contributed by atoms with Gasteiger partial charge in [0, 0.05) is 30.9 Å². The second-order valence-electron chi connectivity index (χ2n) is 7.13. The van der Waals surface area contributed by atoms with Crippen LogP contribution in [0.2, 0.25) is 0 Å². The molecular weight excluding hydrogens is 428 g/mol. The highest BCUT2D eigenvalue weighted by Crippen LogP contribution is 2.23. The minimum absolute atomic E-state index is 0. The number of benzene rings is 2. The lowest BCUT2D eigenvalue weighted by molar-refractivity contribution is -0.658. The summed E-state index contributed by atoms with van der Waals surface area (Å²) in [4.78, 5) is 2.53. The predicted octanol–water partition coefficient (Wildman–Crippen LogP) is 2.93. The Hall–Kier alpha value is -1.91. The Morgan fingerprint density at radius 2 is 1.64 bits per heavy atom. The molecule has 0 aliphatic carbocycles. The summed E-state index contributed by atoms with van der Waals surface area (Å²) in [6, 6.07) is 17.6. The maximum Gasteiger partial charge on any atom is 0.263 e. The molecule has 1 fully saturated rings. The number of nitrogens with zero attached hydrogens (tertiary/aromatic N) is 2. The van der Waals surface area contributed by atoms with E-state index in [-0.39, 0.29) is 17.0 Å². The molecule has 0 N–H and O–H groups in total. The monoisotopic (exact) mass is 454 g/mol. The van der Waals surface area contributed by atoms with Crippen LogP contribution in [0.15, 0.2) is 61.2 Å². The maximum atomic E-state index is 3.92. The lowest BCUT2D eigenvalue weighted by Crippen LogP contribution is -3.00. The van der Waals surface area contributed by atoms with Crippen molar-refractivity contribution in [3.8, 4) is 0 Å². The number of rotatable bonds is 5. The Labute approximate surface area is 182 Å². The van der Waals surface area contributed by atoms with Gasteiger partial charge in [-0.05, 0) is 48.8 Å². The molecule has 4 heteroatoms. The molecule has 0 spiro atoms. The van der Waals surface area contributed by atoms with Gasteiger partial charge in [-0.15, -0.1) is 0 Å². The highest BCUT2D eigenvalue weighted by molar-refractivity contribution is 7.18. The first kappa shape index (κ1) is 20.8. The topological polar surface area (TPSA) is 7.12 Å². The fraction of sp³-hybridized carbons (Fsp3) is 0.292. The van der Waals surface area contributed by atoms with Crippen LogP contribution in [-0.4, -0.2) is 13.1 Å². The number of hydrogen-bond donors (Lipinski definition) is 0. The summed E-state index contributed by atoms with van der Waals surface area (Å²) in [6.07, 6.45) is 11.8. The number of hydrogen-bond acceptors (Lipinski definition) is 2. The standard InChI is InChI=1S/C24H27N2S.BrH/c1-2-17-26-22-9-5-6-10-23(22)27-24(26)16-13-20-11-14-21(15-12-20)25-18-7-3-4-8-19-25;/h2,5-6,9-16H,1,3-4,7-8,17-19H2;1H/q+1;/p-1. The molecule has 1 saturated heterocycles. The van der Waals surface area contributed by atoms with Gasteiger partial charge in [0.2, 0.25) is 5.52 Å². The molecule has 1 aliphatic rings. The van der Waals surface area contributed by atoms with Crippen LogP contribution in [0.5, 0.6) is 0 Å². The van der Waals surface area contributed by atoms with Crippen LogP contribution in [0.25, 0.3) is 22.4 Å². The summed E-state index contributed by atoms with van der Waals surface area (Å²) in [7, 11) is 0. The van der Waals surface area contributed by atoms with Crippen LogP contribution >= 0.6 is 11.3 Å². The van der Waals surface area contributed by atoms with Gasteiger partial charge in [0.1, 0.15) is 4.70 Å². The van der Waals surface area contributed by atoms with Crippen LogP contribution in [0, 0.1) is 0 Å². The fourth-order valence-electron chi connectivity index (χ4n) is 3.79. The number of halogens is 1. The number of para-hydroxylation sites is 1. The van der Waals surface area contributed by atoms with E-state index in [1.165, 1.54) is 65.2 Å². The van der Waals surface area contributed by atoms with Crippen molar-refractivity contribution in [3.05, 3.63) is 71.8 Å². The molecule has 0 atom stereocenters. The quantitative estimate of drug-likeness (QED) is 0.424. The molecule has 2 nitrogen and oxygen atoms in total. The third kappa shape index (κ3) is 4.73. The van der Waals surface area contributed by atoms with Crippen molar-refractivity contribution < 1.29 is 21.5 Å². The van der Waals surface area contributed by atoms with Crippen molar-refractivity contribution in [2.45, 2.75) is 32.2 Å². The molecule has 2 heterocycles. The van der Waals surface area contributed by atoms with Crippen molar-refractivity contribution in [2.75, 3.05) is 18.0 Å². The number of fused-ring (bicyclic) bond motifs is 1. The third-order valence-electron chi connectivity index (χ3n) is 5.23. The van der Waals surface area contributed by atoms with E-state index in [2.05, 4.69) is 76.7 Å². The van der Waals surface area contributed by atoms with Gasteiger partial charge in [0.15, 0.2) is 6.54 Å². The van der Waals surface area contributed by atoms with Gasteiger partial charge in [-0.25, -0.2) is 0 Å². The van der Waals surface area contributed by atoms with Crippen LogP contribution in [0.1, 0.15) is 36.3 Å². The first-order valence-electron chi connectivity index (χ1n) is 9.90. The van der Waals surface area contributed by atoms with Crippen LogP contribution in [0.4, 0.5) is 5.69 Å². The molecule has 1 aromatic heterocycles. The molecule has 4 rings (SSSR count). The summed E-state index contributed by atoms with van der Waals surface area (Å²) in [5.74, 6) is 0. The van der Waals surface area contributed by atoms with E-state index in [0.29, 0.717) is 0 Å². The summed E-state index contributed by atoms with van der Waals surface area (Å²) < 4.78 is 3.64. The van der Waals surface area contributed by atoms with Crippen molar-refractivity contribution in [1.29, 1.82) is 0 Å². The highest BCUT2D eigenvalue weighted by atomic mass is 79.9. The van der Waals surface area contributed by atoms with E-state index >= 15 is 0 Å². The predicted molar refractivity (Wildman–Crippen MR) is 118 cm³/mol. The van der Waals surface area contributed by atoms with E-state index in [9.17, 15) is 0 Å². The molecule has 2 aromatic carbocycles. The van der Waals surface area contributed by atoms with Gasteiger partial charge in [-0.2, -0.15) is 4.57 Å². The van der Waals surface area contributed by atoms with Gasteiger partial charge in [-0.1, -0.05) is 55.0 Å². The normalized spacial score (nSPS) is 14.8. The molecule has 28 heavy (non-hydrogen) atoms. The lowest BCUT2D eigenvalue weighted by atomic mass is 10.1. The van der Waals surface area contributed by atoms with Crippen molar-refractivity contribution >= 4 is 39.4 Å². The van der Waals surface area contributed by atoms with Gasteiger partial charge in [0.25, 0.3) is 5.01 Å². The van der Waals surface area contributed by atoms with Crippen molar-refractivity contribution in [3.63, 3.8) is 0 Å². The Morgan fingerprint density at radius 1 is 0.929 bits per heavy atom. The largest absolute Gasteiger partial charge is 1.00 e. The Balaban J connectivity index is 0.00000225. The second kappa shape index (κ2) is 10.0. The second-order valence-corrected chi connectivity index (χ2v) is 8.20. The third-order valence-corrected chi connectivity index (χ3v) is 6.36. The van der Waals surface area contributed by atoms with E-state index in [0.717, 1.165) is 6.54 Å². The van der Waals surface area contributed by atoms with E-state index in [1.807, 2.05) is 17.4 Å². The Bertz CT molecular complexity index is 935. The van der Waals surface area contributed by atoms with Crippen LogP contribution in [-0.2, 0) is 6.54 Å². The molecule has 146 valence electrons. The smallest absolute Gasteiger partial charge is 0.263 e.